The van der Waals surface area contributed by atoms with Crippen LogP contribution in [0.3, 0.4) is 0 Å². The molecule has 0 N–H and O–H groups in total. The Kier molecular flexibility index (Phi) is 3.31. The fraction of sp³-hybridized carbons (Fsp3) is 0.571. The predicted octanol–water partition coefficient (Wildman–Crippen LogP) is 2.64. The number of rotatable bonds is 3. The molecule has 88 valence electrons. The highest BCUT2D eigenvalue weighted by Gasteiger charge is 2.40. The van der Waals surface area contributed by atoms with Crippen molar-refractivity contribution in [3.8, 4) is 0 Å². The molecule has 0 saturated carbocycles. The zero-order valence-electron chi connectivity index (χ0n) is 10.4. The van der Waals surface area contributed by atoms with Gasteiger partial charge < -0.3 is 9.64 Å². The van der Waals surface area contributed by atoms with Crippen molar-refractivity contribution >= 4 is 0 Å². The minimum absolute atomic E-state index is 0.188. The van der Waals surface area contributed by atoms with E-state index in [0.717, 1.165) is 0 Å². The van der Waals surface area contributed by atoms with Gasteiger partial charge in [-0.05, 0) is 38.9 Å². The Morgan fingerprint density at radius 2 is 2.00 bits per heavy atom. The van der Waals surface area contributed by atoms with E-state index in [1.807, 2.05) is 7.11 Å². The lowest BCUT2D eigenvalue weighted by Gasteiger charge is -2.38. The van der Waals surface area contributed by atoms with E-state index < -0.39 is 0 Å². The van der Waals surface area contributed by atoms with Gasteiger partial charge in [-0.1, -0.05) is 30.3 Å². The molecule has 0 amide bonds. The molecule has 1 unspecified atom stereocenters. The van der Waals surface area contributed by atoms with Gasteiger partial charge >= 0.3 is 0 Å². The number of likely N-dealkylation sites (tertiary alicyclic amines) is 1. The summed E-state index contributed by atoms with van der Waals surface area (Å²) in [7, 11) is 4.01. The molecule has 1 aromatic rings. The average Bonchev–Trinajstić information content (AvgIpc) is 2.76. The lowest BCUT2D eigenvalue weighted by atomic mass is 9.86. The third-order valence-corrected chi connectivity index (χ3v) is 3.93. The summed E-state index contributed by atoms with van der Waals surface area (Å²) in [4.78, 5) is 2.41. The molecule has 1 saturated heterocycles. The quantitative estimate of drug-likeness (QED) is 0.775. The van der Waals surface area contributed by atoms with Crippen molar-refractivity contribution in [2.75, 3.05) is 20.7 Å². The van der Waals surface area contributed by atoms with Gasteiger partial charge in [-0.2, -0.15) is 0 Å². The van der Waals surface area contributed by atoms with Crippen LogP contribution in [0.15, 0.2) is 30.3 Å². The van der Waals surface area contributed by atoms with E-state index in [0.29, 0.717) is 6.04 Å². The first-order valence-corrected chi connectivity index (χ1v) is 5.99. The number of hydrogen-bond donors (Lipinski definition) is 0. The van der Waals surface area contributed by atoms with Gasteiger partial charge in [0, 0.05) is 13.2 Å². The maximum absolute atomic E-state index is 5.84. The first-order valence-electron chi connectivity index (χ1n) is 5.99. The van der Waals surface area contributed by atoms with Crippen LogP contribution < -0.4 is 0 Å². The molecule has 0 aliphatic carbocycles. The molecule has 1 aliphatic heterocycles. The molecule has 2 rings (SSSR count). The van der Waals surface area contributed by atoms with Gasteiger partial charge in [0.2, 0.25) is 0 Å². The first kappa shape index (κ1) is 11.6. The topological polar surface area (TPSA) is 12.5 Å². The van der Waals surface area contributed by atoms with Crippen LogP contribution in [-0.2, 0) is 10.3 Å². The van der Waals surface area contributed by atoms with E-state index in [-0.39, 0.29) is 5.60 Å². The average molecular weight is 219 g/mol. The normalized spacial score (nSPS) is 25.6. The van der Waals surface area contributed by atoms with Gasteiger partial charge in [0.1, 0.15) is 5.60 Å². The number of methoxy groups -OCH3 is 1. The number of likely N-dealkylation sites (N-methyl/N-ethyl adjacent to an activating group) is 1. The van der Waals surface area contributed by atoms with Crippen LogP contribution in [0.4, 0.5) is 0 Å². The minimum atomic E-state index is -0.188. The van der Waals surface area contributed by atoms with E-state index in [1.54, 1.807) is 0 Å². The van der Waals surface area contributed by atoms with Crippen molar-refractivity contribution in [3.05, 3.63) is 35.9 Å². The smallest absolute Gasteiger partial charge is 0.105 e. The molecule has 1 aliphatic rings. The van der Waals surface area contributed by atoms with Crippen LogP contribution >= 0.6 is 0 Å². The predicted molar refractivity (Wildman–Crippen MR) is 66.5 cm³/mol. The number of hydrogen-bond acceptors (Lipinski definition) is 2. The van der Waals surface area contributed by atoms with Gasteiger partial charge in [-0.25, -0.2) is 0 Å². The summed E-state index contributed by atoms with van der Waals surface area (Å²) in [6.07, 6.45) is 2.49. The molecule has 2 atom stereocenters. The summed E-state index contributed by atoms with van der Waals surface area (Å²) < 4.78 is 5.84. The van der Waals surface area contributed by atoms with Gasteiger partial charge in [-0.3, -0.25) is 0 Å². The van der Waals surface area contributed by atoms with Crippen molar-refractivity contribution in [2.24, 2.45) is 0 Å². The van der Waals surface area contributed by atoms with Gasteiger partial charge in [0.15, 0.2) is 0 Å². The highest BCUT2D eigenvalue weighted by atomic mass is 16.5. The Hall–Kier alpha value is -0.860. The fourth-order valence-corrected chi connectivity index (χ4v) is 2.82. The molecule has 1 heterocycles. The zero-order valence-corrected chi connectivity index (χ0v) is 10.4. The van der Waals surface area contributed by atoms with Crippen LogP contribution in [0.1, 0.15) is 25.3 Å². The summed E-state index contributed by atoms with van der Waals surface area (Å²) in [5.41, 5.74) is 1.09. The highest BCUT2D eigenvalue weighted by Crippen LogP contribution is 2.36. The number of ether oxygens (including phenoxy) is 1. The first-order chi connectivity index (χ1) is 7.68. The monoisotopic (exact) mass is 219 g/mol. The van der Waals surface area contributed by atoms with Crippen LogP contribution in [0.5, 0.6) is 0 Å². The van der Waals surface area contributed by atoms with Gasteiger partial charge in [0.05, 0.1) is 0 Å². The van der Waals surface area contributed by atoms with Crippen LogP contribution in [-0.4, -0.2) is 31.6 Å². The standard InChI is InChI=1S/C14H21NO/c1-14(16-3,12-8-5-4-6-9-12)13-10-7-11-15(13)2/h4-6,8-9,13H,7,10-11H2,1-3H3/t13-,14?/m0/s1. The minimum Gasteiger partial charge on any atom is -0.372 e. The Labute approximate surface area is 98.2 Å². The lowest BCUT2D eigenvalue weighted by Crippen LogP contribution is -2.45. The third-order valence-electron chi connectivity index (χ3n) is 3.93. The van der Waals surface area contributed by atoms with Crippen molar-refractivity contribution < 1.29 is 4.74 Å². The molecule has 0 aromatic heterocycles. The summed E-state index contributed by atoms with van der Waals surface area (Å²) >= 11 is 0. The van der Waals surface area contributed by atoms with Crippen LogP contribution in [0.25, 0.3) is 0 Å². The zero-order chi connectivity index (χ0) is 11.6. The Balaban J connectivity index is 2.32. The van der Waals surface area contributed by atoms with E-state index in [9.17, 15) is 0 Å². The Morgan fingerprint density at radius 3 is 2.50 bits per heavy atom. The van der Waals surface area contributed by atoms with E-state index >= 15 is 0 Å². The molecule has 0 bridgehead atoms. The van der Waals surface area contributed by atoms with Crippen molar-refractivity contribution in [3.63, 3.8) is 0 Å². The SMILES string of the molecule is COC(C)(c1ccccc1)[C@@H]1CCCN1C. The van der Waals surface area contributed by atoms with Crippen molar-refractivity contribution in [1.82, 2.24) is 4.90 Å². The summed E-state index contributed by atoms with van der Waals surface area (Å²) in [6, 6.07) is 11.0. The second kappa shape index (κ2) is 4.56. The third kappa shape index (κ3) is 1.87. The van der Waals surface area contributed by atoms with Gasteiger partial charge in [-0.15, -0.1) is 0 Å². The second-order valence-electron chi connectivity index (χ2n) is 4.82. The molecule has 16 heavy (non-hydrogen) atoms. The molecule has 1 fully saturated rings. The molecular weight excluding hydrogens is 198 g/mol. The molecule has 1 aromatic carbocycles. The van der Waals surface area contributed by atoms with Crippen LogP contribution in [0, 0.1) is 0 Å². The van der Waals surface area contributed by atoms with Crippen molar-refractivity contribution in [1.29, 1.82) is 0 Å². The molecule has 2 heteroatoms. The lowest BCUT2D eigenvalue weighted by molar-refractivity contribution is -0.0542. The van der Waals surface area contributed by atoms with E-state index in [4.69, 9.17) is 4.74 Å². The summed E-state index contributed by atoms with van der Waals surface area (Å²) in [5.74, 6) is 0. The molecule has 2 nitrogen and oxygen atoms in total. The maximum atomic E-state index is 5.84. The summed E-state index contributed by atoms with van der Waals surface area (Å²) in [6.45, 7) is 3.38. The largest absolute Gasteiger partial charge is 0.372 e. The molecule has 0 radical (unpaired) electrons. The van der Waals surface area contributed by atoms with E-state index in [1.165, 1.54) is 24.9 Å². The summed E-state index contributed by atoms with van der Waals surface area (Å²) in [5, 5.41) is 0. The Bertz CT molecular complexity index is 338. The fourth-order valence-electron chi connectivity index (χ4n) is 2.82. The van der Waals surface area contributed by atoms with E-state index in [2.05, 4.69) is 49.2 Å². The van der Waals surface area contributed by atoms with Gasteiger partial charge in [0.25, 0.3) is 0 Å². The highest BCUT2D eigenvalue weighted by molar-refractivity contribution is 5.24. The Morgan fingerprint density at radius 1 is 1.31 bits per heavy atom. The maximum Gasteiger partial charge on any atom is 0.105 e. The number of nitrogens with zero attached hydrogens (tertiary/aromatic N) is 1. The van der Waals surface area contributed by atoms with Crippen molar-refractivity contribution in [2.45, 2.75) is 31.4 Å². The van der Waals surface area contributed by atoms with Crippen LogP contribution in [0.2, 0.25) is 0 Å². The number of benzene rings is 1. The molecular formula is C14H21NO. The second-order valence-corrected chi connectivity index (χ2v) is 4.82. The molecule has 0 spiro atoms.